The van der Waals surface area contributed by atoms with Gasteiger partial charge in [-0.2, -0.15) is 0 Å². The van der Waals surface area contributed by atoms with Crippen molar-refractivity contribution >= 4 is 23.4 Å². The van der Waals surface area contributed by atoms with Crippen LogP contribution in [0.1, 0.15) is 34.9 Å². The van der Waals surface area contributed by atoms with Crippen LogP contribution in [0.3, 0.4) is 0 Å². The fraction of sp³-hybridized carbons (Fsp3) is 0.474. The van der Waals surface area contributed by atoms with Gasteiger partial charge in [0.1, 0.15) is 5.82 Å². The summed E-state index contributed by atoms with van der Waals surface area (Å²) in [4.78, 5) is 26.4. The van der Waals surface area contributed by atoms with E-state index in [0.717, 1.165) is 12.8 Å². The van der Waals surface area contributed by atoms with Crippen molar-refractivity contribution in [3.05, 3.63) is 46.5 Å². The molecule has 156 valence electrons. The molecule has 1 N–H and O–H groups in total. The molecule has 1 atom stereocenters. The zero-order chi connectivity index (χ0) is 20.8. The highest BCUT2D eigenvalue weighted by Gasteiger charge is 2.27. The number of ether oxygens (including phenoxy) is 1. The second-order valence-electron chi connectivity index (χ2n) is 6.85. The third kappa shape index (κ3) is 5.30. The Labute approximate surface area is 173 Å². The summed E-state index contributed by atoms with van der Waals surface area (Å²) in [5.74, 6) is -1.01. The molecule has 29 heavy (non-hydrogen) atoms. The summed E-state index contributed by atoms with van der Waals surface area (Å²) in [6.45, 7) is 1.79. The summed E-state index contributed by atoms with van der Waals surface area (Å²) >= 11 is 6.04. The second-order valence-corrected chi connectivity index (χ2v) is 7.25. The summed E-state index contributed by atoms with van der Waals surface area (Å²) in [5, 5.41) is 10.9. The van der Waals surface area contributed by atoms with E-state index in [4.69, 9.17) is 16.3 Å². The van der Waals surface area contributed by atoms with Crippen LogP contribution < -0.4 is 5.32 Å². The van der Waals surface area contributed by atoms with E-state index in [9.17, 15) is 14.0 Å². The highest BCUT2D eigenvalue weighted by atomic mass is 35.5. The van der Waals surface area contributed by atoms with Crippen molar-refractivity contribution in [1.82, 2.24) is 25.2 Å². The van der Waals surface area contributed by atoms with E-state index in [1.165, 1.54) is 12.1 Å². The third-order valence-electron chi connectivity index (χ3n) is 4.85. The van der Waals surface area contributed by atoms with E-state index in [1.807, 2.05) is 0 Å². The zero-order valence-corrected chi connectivity index (χ0v) is 16.9. The second kappa shape index (κ2) is 9.80. The Morgan fingerprint density at radius 3 is 3.00 bits per heavy atom. The lowest BCUT2D eigenvalue weighted by atomic mass is 10.0. The van der Waals surface area contributed by atoms with E-state index < -0.39 is 5.82 Å². The number of rotatable bonds is 7. The molecule has 0 bridgehead atoms. The molecule has 1 saturated heterocycles. The number of methoxy groups -OCH3 is 1. The number of halogens is 2. The first-order valence-corrected chi connectivity index (χ1v) is 9.77. The van der Waals surface area contributed by atoms with Crippen molar-refractivity contribution in [2.75, 3.05) is 33.4 Å². The number of carbonyl (C=O) groups excluding carboxylic acids is 2. The van der Waals surface area contributed by atoms with Crippen LogP contribution in [0.5, 0.6) is 0 Å². The fourth-order valence-corrected chi connectivity index (χ4v) is 3.51. The minimum Gasteiger partial charge on any atom is -0.383 e. The monoisotopic (exact) mass is 423 g/mol. The van der Waals surface area contributed by atoms with Crippen LogP contribution in [0, 0.1) is 5.82 Å². The number of hydrogen-bond acceptors (Lipinski definition) is 5. The average Bonchev–Trinajstić information content (AvgIpc) is 3.21. The number of likely N-dealkylation sites (tertiary alicyclic amines) is 1. The minimum absolute atomic E-state index is 0.0945. The van der Waals surface area contributed by atoms with Crippen molar-refractivity contribution < 1.29 is 18.7 Å². The Morgan fingerprint density at radius 2 is 2.24 bits per heavy atom. The van der Waals surface area contributed by atoms with Gasteiger partial charge >= 0.3 is 0 Å². The first-order chi connectivity index (χ1) is 14.0. The van der Waals surface area contributed by atoms with Gasteiger partial charge in [-0.1, -0.05) is 22.9 Å². The molecule has 1 aromatic heterocycles. The van der Waals surface area contributed by atoms with Crippen LogP contribution in [0.25, 0.3) is 0 Å². The third-order valence-corrected chi connectivity index (χ3v) is 5.20. The summed E-state index contributed by atoms with van der Waals surface area (Å²) in [5.41, 5.74) is 0.416. The topological polar surface area (TPSA) is 89.4 Å². The van der Waals surface area contributed by atoms with E-state index in [1.54, 1.807) is 29.0 Å². The molecule has 1 aliphatic rings. The number of benzene rings is 1. The largest absolute Gasteiger partial charge is 0.383 e. The molecule has 0 radical (unpaired) electrons. The summed E-state index contributed by atoms with van der Waals surface area (Å²) in [6, 6.07) is 4.27. The zero-order valence-electron chi connectivity index (χ0n) is 16.1. The summed E-state index contributed by atoms with van der Waals surface area (Å²) < 4.78 is 20.5. The molecule has 1 aromatic carbocycles. The Bertz CT molecular complexity index is 855. The maximum absolute atomic E-state index is 14.0. The lowest BCUT2D eigenvalue weighted by molar-refractivity contribution is -0.132. The van der Waals surface area contributed by atoms with E-state index in [2.05, 4.69) is 15.6 Å². The summed E-state index contributed by atoms with van der Waals surface area (Å²) in [7, 11) is 1.55. The van der Waals surface area contributed by atoms with Gasteiger partial charge in [0, 0.05) is 37.3 Å². The van der Waals surface area contributed by atoms with Gasteiger partial charge < -0.3 is 15.0 Å². The van der Waals surface area contributed by atoms with Crippen molar-refractivity contribution in [2.45, 2.75) is 25.3 Å². The molecule has 2 amide bonds. The Morgan fingerprint density at radius 1 is 1.41 bits per heavy atom. The maximum Gasteiger partial charge on any atom is 0.273 e. The molecule has 1 aliphatic heterocycles. The number of carbonyl (C=O) groups is 2. The van der Waals surface area contributed by atoms with Gasteiger partial charge in [0.15, 0.2) is 5.69 Å². The number of nitrogens with one attached hydrogen (secondary N) is 1. The number of aromatic nitrogens is 3. The van der Waals surface area contributed by atoms with Gasteiger partial charge in [-0.3, -0.25) is 9.59 Å². The molecule has 2 aromatic rings. The molecule has 0 spiro atoms. The molecule has 2 heterocycles. The molecule has 0 saturated carbocycles. The Kier molecular flexibility index (Phi) is 7.16. The van der Waals surface area contributed by atoms with Crippen LogP contribution in [-0.4, -0.2) is 65.1 Å². The number of piperidine rings is 1. The minimum atomic E-state index is -0.486. The van der Waals surface area contributed by atoms with Crippen LogP contribution >= 0.6 is 11.6 Å². The first kappa shape index (κ1) is 21.2. The quantitative estimate of drug-likeness (QED) is 0.686. The number of hydrogen-bond donors (Lipinski definition) is 1. The Balaban J connectivity index is 1.62. The molecule has 0 unspecified atom stereocenters. The highest BCUT2D eigenvalue weighted by Crippen LogP contribution is 2.24. The lowest BCUT2D eigenvalue weighted by Gasteiger charge is -2.32. The van der Waals surface area contributed by atoms with Crippen molar-refractivity contribution in [3.8, 4) is 0 Å². The Hall–Kier alpha value is -2.52. The number of amides is 2. The van der Waals surface area contributed by atoms with Crippen LogP contribution in [0.4, 0.5) is 4.39 Å². The van der Waals surface area contributed by atoms with Gasteiger partial charge in [0.05, 0.1) is 25.3 Å². The molecule has 3 rings (SSSR count). The molecule has 8 nitrogen and oxygen atoms in total. The normalized spacial score (nSPS) is 16.7. The molecular weight excluding hydrogens is 401 g/mol. The van der Waals surface area contributed by atoms with E-state index >= 15 is 0 Å². The predicted octanol–water partition coefficient (Wildman–Crippen LogP) is 1.85. The number of nitrogens with zero attached hydrogens (tertiary/aromatic N) is 4. The van der Waals surface area contributed by atoms with Crippen molar-refractivity contribution in [1.29, 1.82) is 0 Å². The average molecular weight is 424 g/mol. The van der Waals surface area contributed by atoms with E-state index in [-0.39, 0.29) is 40.6 Å². The lowest BCUT2D eigenvalue weighted by Crippen LogP contribution is -2.41. The molecule has 0 aliphatic carbocycles. The predicted molar refractivity (Wildman–Crippen MR) is 104 cm³/mol. The smallest absolute Gasteiger partial charge is 0.273 e. The fourth-order valence-electron chi connectivity index (χ4n) is 3.28. The van der Waals surface area contributed by atoms with Gasteiger partial charge in [-0.05, 0) is 25.0 Å². The van der Waals surface area contributed by atoms with Gasteiger partial charge in [-0.15, -0.1) is 5.10 Å². The van der Waals surface area contributed by atoms with Crippen molar-refractivity contribution in [2.24, 2.45) is 0 Å². The van der Waals surface area contributed by atoms with Gasteiger partial charge in [0.2, 0.25) is 5.91 Å². The standard InChI is InChI=1S/C19H23ClFN5O3/c1-29-9-7-22-19(28)17-12-26(24-23-17)13-4-3-8-25(11-13)18(27)10-14-15(20)5-2-6-16(14)21/h2,5-6,12-13H,3-4,7-11H2,1H3,(H,22,28)/t13-/m0/s1. The first-order valence-electron chi connectivity index (χ1n) is 9.39. The van der Waals surface area contributed by atoms with Gasteiger partial charge in [-0.25, -0.2) is 9.07 Å². The SMILES string of the molecule is COCCNC(=O)c1cn([C@H]2CCCN(C(=O)Cc3c(F)cccc3Cl)C2)nn1. The molecular formula is C19H23ClFN5O3. The van der Waals surface area contributed by atoms with Gasteiger partial charge in [0.25, 0.3) is 5.91 Å². The molecule has 1 fully saturated rings. The molecule has 10 heteroatoms. The van der Waals surface area contributed by atoms with Crippen LogP contribution in [0.15, 0.2) is 24.4 Å². The highest BCUT2D eigenvalue weighted by molar-refractivity contribution is 6.31. The van der Waals surface area contributed by atoms with Crippen molar-refractivity contribution in [3.63, 3.8) is 0 Å². The van der Waals surface area contributed by atoms with Crippen LogP contribution in [0.2, 0.25) is 5.02 Å². The van der Waals surface area contributed by atoms with E-state index in [0.29, 0.717) is 26.2 Å². The summed E-state index contributed by atoms with van der Waals surface area (Å²) in [6.07, 6.45) is 3.06. The maximum atomic E-state index is 14.0. The van der Waals surface area contributed by atoms with Crippen LogP contribution in [-0.2, 0) is 16.0 Å².